The van der Waals surface area contributed by atoms with Crippen molar-refractivity contribution in [1.82, 2.24) is 0 Å². The molecule has 82 valence electrons. The fraction of sp³-hybridized carbons (Fsp3) is 0.455. The van der Waals surface area contributed by atoms with Gasteiger partial charge in [-0.15, -0.1) is 0 Å². The number of rotatable bonds is 2. The van der Waals surface area contributed by atoms with Crippen LogP contribution in [0.15, 0.2) is 12.1 Å². The zero-order chi connectivity index (χ0) is 10.8. The van der Waals surface area contributed by atoms with Crippen molar-refractivity contribution in [2.24, 2.45) is 0 Å². The minimum absolute atomic E-state index is 0.0131. The highest BCUT2D eigenvalue weighted by molar-refractivity contribution is 5.53. The van der Waals surface area contributed by atoms with Crippen LogP contribution in [0.4, 0.5) is 0 Å². The average molecular weight is 210 g/mol. The Kier molecular flexibility index (Phi) is 2.68. The van der Waals surface area contributed by atoms with Crippen LogP contribution in [0.1, 0.15) is 18.4 Å². The number of ether oxygens (including phenoxy) is 2. The predicted molar refractivity (Wildman–Crippen MR) is 54.6 cm³/mol. The van der Waals surface area contributed by atoms with E-state index in [-0.39, 0.29) is 18.3 Å². The Morgan fingerprint density at radius 2 is 2.07 bits per heavy atom. The summed E-state index contributed by atoms with van der Waals surface area (Å²) in [6, 6.07) is 3.14. The molecule has 0 fully saturated rings. The van der Waals surface area contributed by atoms with Gasteiger partial charge in [-0.3, -0.25) is 0 Å². The van der Waals surface area contributed by atoms with E-state index in [1.165, 1.54) is 6.07 Å². The summed E-state index contributed by atoms with van der Waals surface area (Å²) in [5.74, 6) is 1.25. The fourth-order valence-corrected chi connectivity index (χ4v) is 1.63. The van der Waals surface area contributed by atoms with Crippen molar-refractivity contribution in [1.29, 1.82) is 0 Å². The molecule has 4 nitrogen and oxygen atoms in total. The van der Waals surface area contributed by atoms with E-state index in [9.17, 15) is 5.11 Å². The first-order chi connectivity index (χ1) is 7.22. The molecule has 2 N–H and O–H groups in total. The first-order valence-corrected chi connectivity index (χ1v) is 4.95. The summed E-state index contributed by atoms with van der Waals surface area (Å²) in [7, 11) is 0. The van der Waals surface area contributed by atoms with Crippen molar-refractivity contribution >= 4 is 0 Å². The highest BCUT2D eigenvalue weighted by Crippen LogP contribution is 2.40. The van der Waals surface area contributed by atoms with E-state index in [4.69, 9.17) is 14.6 Å². The smallest absolute Gasteiger partial charge is 0.165 e. The molecule has 0 aliphatic carbocycles. The van der Waals surface area contributed by atoms with Crippen LogP contribution in [0.5, 0.6) is 17.2 Å². The molecule has 2 rings (SSSR count). The molecule has 1 aliphatic heterocycles. The molecule has 0 radical (unpaired) electrons. The van der Waals surface area contributed by atoms with E-state index < -0.39 is 0 Å². The number of fused-ring (bicyclic) bond motifs is 1. The van der Waals surface area contributed by atoms with Crippen LogP contribution in [0, 0.1) is 0 Å². The summed E-state index contributed by atoms with van der Waals surface area (Å²) in [6.07, 6.45) is 0. The minimum Gasteiger partial charge on any atom is -0.508 e. The van der Waals surface area contributed by atoms with Crippen LogP contribution in [0.2, 0.25) is 0 Å². The number of hydrogen-bond donors (Lipinski definition) is 2. The third kappa shape index (κ3) is 1.85. The first kappa shape index (κ1) is 10.1. The van der Waals surface area contributed by atoms with Gasteiger partial charge in [0.25, 0.3) is 0 Å². The Balaban J connectivity index is 2.47. The molecule has 0 saturated heterocycles. The largest absolute Gasteiger partial charge is 0.508 e. The molecule has 15 heavy (non-hydrogen) atoms. The molecule has 4 heteroatoms. The van der Waals surface area contributed by atoms with E-state index in [2.05, 4.69) is 0 Å². The Labute approximate surface area is 88.1 Å². The first-order valence-electron chi connectivity index (χ1n) is 4.95. The standard InChI is InChI=1S/C11H14O4/c1-7(6-12)9-4-8(13)5-10-11(9)15-3-2-14-10/h4-5,7,12-13H,2-3,6H2,1H3. The zero-order valence-electron chi connectivity index (χ0n) is 8.56. The fourth-order valence-electron chi connectivity index (χ4n) is 1.63. The lowest BCUT2D eigenvalue weighted by molar-refractivity contribution is 0.166. The lowest BCUT2D eigenvalue weighted by Crippen LogP contribution is -2.17. The van der Waals surface area contributed by atoms with E-state index in [0.717, 1.165) is 5.56 Å². The molecule has 0 amide bonds. The SMILES string of the molecule is CC(CO)c1cc(O)cc2c1OCCO2. The van der Waals surface area contributed by atoms with Gasteiger partial charge in [-0.25, -0.2) is 0 Å². The minimum atomic E-state index is -0.0763. The maximum absolute atomic E-state index is 9.50. The van der Waals surface area contributed by atoms with Gasteiger partial charge >= 0.3 is 0 Å². The normalized spacial score (nSPS) is 16.1. The lowest BCUT2D eigenvalue weighted by Gasteiger charge is -2.23. The quantitative estimate of drug-likeness (QED) is 0.771. The molecule has 1 aliphatic rings. The monoisotopic (exact) mass is 210 g/mol. The second kappa shape index (κ2) is 3.98. The van der Waals surface area contributed by atoms with E-state index in [1.807, 2.05) is 6.92 Å². The molecular weight excluding hydrogens is 196 g/mol. The average Bonchev–Trinajstić information content (AvgIpc) is 2.26. The highest BCUT2D eigenvalue weighted by Gasteiger charge is 2.20. The number of aliphatic hydroxyl groups excluding tert-OH is 1. The summed E-state index contributed by atoms with van der Waals surface area (Å²) in [5.41, 5.74) is 0.784. The topological polar surface area (TPSA) is 58.9 Å². The molecule has 1 atom stereocenters. The predicted octanol–water partition coefficient (Wildman–Crippen LogP) is 1.26. The summed E-state index contributed by atoms with van der Waals surface area (Å²) in [6.45, 7) is 2.87. The maximum Gasteiger partial charge on any atom is 0.165 e. The maximum atomic E-state index is 9.50. The molecule has 1 unspecified atom stereocenters. The van der Waals surface area contributed by atoms with Gasteiger partial charge < -0.3 is 19.7 Å². The van der Waals surface area contributed by atoms with Crippen LogP contribution >= 0.6 is 0 Å². The molecule has 0 aromatic heterocycles. The number of phenolic OH excluding ortho intramolecular Hbond substituents is 1. The van der Waals surface area contributed by atoms with Crippen LogP contribution in [-0.4, -0.2) is 30.0 Å². The number of aromatic hydroxyl groups is 1. The van der Waals surface area contributed by atoms with Crippen molar-refractivity contribution in [2.75, 3.05) is 19.8 Å². The zero-order valence-corrected chi connectivity index (χ0v) is 8.56. The number of phenols is 1. The number of aliphatic hydroxyl groups is 1. The van der Waals surface area contributed by atoms with Crippen LogP contribution in [-0.2, 0) is 0 Å². The summed E-state index contributed by atoms with van der Waals surface area (Å²) in [5, 5.41) is 18.6. The highest BCUT2D eigenvalue weighted by atomic mass is 16.6. The van der Waals surface area contributed by atoms with Gasteiger partial charge in [0, 0.05) is 24.2 Å². The van der Waals surface area contributed by atoms with Crippen molar-refractivity contribution < 1.29 is 19.7 Å². The van der Waals surface area contributed by atoms with E-state index in [0.29, 0.717) is 24.7 Å². The van der Waals surface area contributed by atoms with Crippen LogP contribution < -0.4 is 9.47 Å². The summed E-state index contributed by atoms with van der Waals surface area (Å²) in [4.78, 5) is 0. The van der Waals surface area contributed by atoms with Crippen molar-refractivity contribution in [3.63, 3.8) is 0 Å². The Hall–Kier alpha value is -1.42. The lowest BCUT2D eigenvalue weighted by atomic mass is 10.00. The van der Waals surface area contributed by atoms with Gasteiger partial charge in [0.15, 0.2) is 11.5 Å². The van der Waals surface area contributed by atoms with Crippen LogP contribution in [0.3, 0.4) is 0 Å². The molecule has 1 aromatic rings. The van der Waals surface area contributed by atoms with Crippen LogP contribution in [0.25, 0.3) is 0 Å². The second-order valence-corrected chi connectivity index (χ2v) is 3.64. The molecule has 1 aromatic carbocycles. The Morgan fingerprint density at radius 1 is 1.33 bits per heavy atom. The third-order valence-corrected chi connectivity index (χ3v) is 2.46. The van der Waals surface area contributed by atoms with Gasteiger partial charge in [0.1, 0.15) is 19.0 Å². The van der Waals surface area contributed by atoms with Crippen molar-refractivity contribution in [2.45, 2.75) is 12.8 Å². The van der Waals surface area contributed by atoms with Gasteiger partial charge in [0.05, 0.1) is 0 Å². The number of benzene rings is 1. The Bertz CT molecular complexity index is 362. The second-order valence-electron chi connectivity index (χ2n) is 3.64. The van der Waals surface area contributed by atoms with E-state index in [1.54, 1.807) is 6.07 Å². The van der Waals surface area contributed by atoms with Crippen molar-refractivity contribution in [3.05, 3.63) is 17.7 Å². The molecule has 0 saturated carbocycles. The number of hydrogen-bond acceptors (Lipinski definition) is 4. The van der Waals surface area contributed by atoms with E-state index >= 15 is 0 Å². The molecule has 1 heterocycles. The molecular formula is C11H14O4. The third-order valence-electron chi connectivity index (χ3n) is 2.46. The Morgan fingerprint density at radius 3 is 2.80 bits per heavy atom. The molecule has 0 spiro atoms. The summed E-state index contributed by atoms with van der Waals surface area (Å²) >= 11 is 0. The van der Waals surface area contributed by atoms with Gasteiger partial charge in [-0.2, -0.15) is 0 Å². The van der Waals surface area contributed by atoms with Gasteiger partial charge in [-0.05, 0) is 6.07 Å². The summed E-state index contributed by atoms with van der Waals surface area (Å²) < 4.78 is 10.9. The molecule has 0 bridgehead atoms. The van der Waals surface area contributed by atoms with Crippen molar-refractivity contribution in [3.8, 4) is 17.2 Å². The van der Waals surface area contributed by atoms with Gasteiger partial charge in [0.2, 0.25) is 0 Å². The van der Waals surface area contributed by atoms with Gasteiger partial charge in [-0.1, -0.05) is 6.92 Å².